The minimum absolute atomic E-state index is 0.230. The van der Waals surface area contributed by atoms with E-state index in [4.69, 9.17) is 17.4 Å². The highest BCUT2D eigenvalue weighted by Gasteiger charge is 2.15. The highest BCUT2D eigenvalue weighted by molar-refractivity contribution is 9.10. The van der Waals surface area contributed by atoms with Crippen molar-refractivity contribution in [3.8, 4) is 0 Å². The summed E-state index contributed by atoms with van der Waals surface area (Å²) in [6.07, 6.45) is 2.22. The largest absolute Gasteiger partial charge is 0.271 e. The lowest BCUT2D eigenvalue weighted by Crippen LogP contribution is -2.30. The molecule has 0 radical (unpaired) electrons. The third-order valence-electron chi connectivity index (χ3n) is 2.74. The van der Waals surface area contributed by atoms with Gasteiger partial charge in [0.2, 0.25) is 0 Å². The lowest BCUT2D eigenvalue weighted by Gasteiger charge is -2.16. The van der Waals surface area contributed by atoms with Gasteiger partial charge in [-0.2, -0.15) is 0 Å². The SMILES string of the molecule is NNC(Cc1ccc(F)c(Br)c1)c1ncccc1Cl. The number of aromatic nitrogens is 1. The van der Waals surface area contributed by atoms with E-state index in [-0.39, 0.29) is 11.9 Å². The van der Waals surface area contributed by atoms with Crippen LogP contribution in [0, 0.1) is 5.82 Å². The van der Waals surface area contributed by atoms with Crippen LogP contribution in [-0.4, -0.2) is 4.98 Å². The summed E-state index contributed by atoms with van der Waals surface area (Å²) in [4.78, 5) is 4.23. The van der Waals surface area contributed by atoms with E-state index in [0.29, 0.717) is 21.6 Å². The molecular weight excluding hydrogens is 333 g/mol. The molecule has 0 saturated heterocycles. The van der Waals surface area contributed by atoms with E-state index in [1.165, 1.54) is 6.07 Å². The van der Waals surface area contributed by atoms with E-state index < -0.39 is 0 Å². The van der Waals surface area contributed by atoms with Crippen LogP contribution in [0.5, 0.6) is 0 Å². The molecule has 2 aromatic rings. The first-order chi connectivity index (χ1) is 9.11. The second-order valence-corrected chi connectivity index (χ2v) is 5.30. The van der Waals surface area contributed by atoms with Crippen molar-refractivity contribution in [3.05, 3.63) is 63.1 Å². The van der Waals surface area contributed by atoms with Crippen LogP contribution >= 0.6 is 27.5 Å². The molecule has 0 aliphatic carbocycles. The van der Waals surface area contributed by atoms with Gasteiger partial charge in [0, 0.05) is 6.20 Å². The Balaban J connectivity index is 2.24. The summed E-state index contributed by atoms with van der Waals surface area (Å²) in [5.74, 6) is 5.26. The molecule has 100 valence electrons. The Morgan fingerprint density at radius 3 is 2.84 bits per heavy atom. The number of halogens is 3. The molecule has 0 bridgehead atoms. The molecule has 0 saturated carbocycles. The Morgan fingerprint density at radius 1 is 1.42 bits per heavy atom. The second kappa shape index (κ2) is 6.43. The maximum absolute atomic E-state index is 13.2. The summed E-state index contributed by atoms with van der Waals surface area (Å²) >= 11 is 9.25. The van der Waals surface area contributed by atoms with Gasteiger partial charge in [-0.05, 0) is 52.2 Å². The summed E-state index contributed by atoms with van der Waals surface area (Å²) in [7, 11) is 0. The van der Waals surface area contributed by atoms with Crippen LogP contribution in [0.3, 0.4) is 0 Å². The van der Waals surface area contributed by atoms with E-state index in [9.17, 15) is 4.39 Å². The molecule has 0 spiro atoms. The van der Waals surface area contributed by atoms with Gasteiger partial charge in [-0.1, -0.05) is 17.7 Å². The van der Waals surface area contributed by atoms with Crippen molar-refractivity contribution in [2.24, 2.45) is 5.84 Å². The molecule has 3 nitrogen and oxygen atoms in total. The Morgan fingerprint density at radius 2 is 2.21 bits per heavy atom. The van der Waals surface area contributed by atoms with Crippen molar-refractivity contribution in [1.82, 2.24) is 10.4 Å². The number of hydrogen-bond donors (Lipinski definition) is 2. The lowest BCUT2D eigenvalue weighted by atomic mass is 10.0. The predicted molar refractivity (Wildman–Crippen MR) is 77.1 cm³/mol. The summed E-state index contributed by atoms with van der Waals surface area (Å²) in [6.45, 7) is 0. The van der Waals surface area contributed by atoms with Crippen molar-refractivity contribution in [2.75, 3.05) is 0 Å². The quantitative estimate of drug-likeness (QED) is 0.660. The maximum Gasteiger partial charge on any atom is 0.137 e. The van der Waals surface area contributed by atoms with Crippen LogP contribution < -0.4 is 11.3 Å². The number of hydrazine groups is 1. The third kappa shape index (κ3) is 3.51. The van der Waals surface area contributed by atoms with Gasteiger partial charge in [-0.15, -0.1) is 0 Å². The maximum atomic E-state index is 13.2. The fourth-order valence-electron chi connectivity index (χ4n) is 1.79. The highest BCUT2D eigenvalue weighted by Crippen LogP contribution is 2.25. The summed E-state index contributed by atoms with van der Waals surface area (Å²) in [5.41, 5.74) is 4.29. The van der Waals surface area contributed by atoms with Gasteiger partial charge in [0.15, 0.2) is 0 Å². The molecule has 1 heterocycles. The van der Waals surface area contributed by atoms with Crippen LogP contribution in [-0.2, 0) is 6.42 Å². The molecule has 2 rings (SSSR count). The van der Waals surface area contributed by atoms with Gasteiger partial charge in [-0.25, -0.2) is 4.39 Å². The monoisotopic (exact) mass is 343 g/mol. The van der Waals surface area contributed by atoms with Gasteiger partial charge >= 0.3 is 0 Å². The van der Waals surface area contributed by atoms with Crippen LogP contribution in [0.2, 0.25) is 5.02 Å². The molecule has 3 N–H and O–H groups in total. The minimum atomic E-state index is -0.295. The van der Waals surface area contributed by atoms with E-state index >= 15 is 0 Å². The van der Waals surface area contributed by atoms with Gasteiger partial charge < -0.3 is 0 Å². The number of rotatable bonds is 4. The van der Waals surface area contributed by atoms with E-state index in [1.54, 1.807) is 30.5 Å². The normalized spacial score (nSPS) is 12.4. The molecule has 1 unspecified atom stereocenters. The number of nitrogens with one attached hydrogen (secondary N) is 1. The number of nitrogens with two attached hydrogens (primary N) is 1. The van der Waals surface area contributed by atoms with Gasteiger partial charge in [0.05, 0.1) is 21.2 Å². The molecular formula is C13H12BrClFN3. The molecule has 19 heavy (non-hydrogen) atoms. The fourth-order valence-corrected chi connectivity index (χ4v) is 2.47. The predicted octanol–water partition coefficient (Wildman–Crippen LogP) is 3.38. The van der Waals surface area contributed by atoms with Gasteiger partial charge in [0.1, 0.15) is 5.82 Å². The summed E-state index contributed by atoms with van der Waals surface area (Å²) in [5, 5.41) is 0.548. The fraction of sp³-hybridized carbons (Fsp3) is 0.154. The Hall–Kier alpha value is -1.01. The number of pyridine rings is 1. The summed E-state index contributed by atoms with van der Waals surface area (Å²) in [6, 6.07) is 8.12. The molecule has 0 amide bonds. The number of benzene rings is 1. The van der Waals surface area contributed by atoms with E-state index in [1.807, 2.05) is 0 Å². The molecule has 1 aromatic heterocycles. The van der Waals surface area contributed by atoms with Crippen LogP contribution in [0.4, 0.5) is 4.39 Å². The van der Waals surface area contributed by atoms with Gasteiger partial charge in [0.25, 0.3) is 0 Å². The Bertz CT molecular complexity index is 580. The van der Waals surface area contributed by atoms with Crippen molar-refractivity contribution < 1.29 is 4.39 Å². The smallest absolute Gasteiger partial charge is 0.137 e. The minimum Gasteiger partial charge on any atom is -0.271 e. The van der Waals surface area contributed by atoms with E-state index in [2.05, 4.69) is 26.3 Å². The molecule has 0 fully saturated rings. The first kappa shape index (κ1) is 14.4. The number of nitrogens with zero attached hydrogens (tertiary/aromatic N) is 1. The van der Waals surface area contributed by atoms with Crippen molar-refractivity contribution in [3.63, 3.8) is 0 Å². The molecule has 0 aliphatic heterocycles. The average Bonchev–Trinajstić information content (AvgIpc) is 2.41. The van der Waals surface area contributed by atoms with Crippen molar-refractivity contribution in [2.45, 2.75) is 12.5 Å². The zero-order valence-corrected chi connectivity index (χ0v) is 12.2. The Labute approximate surface area is 124 Å². The first-order valence-electron chi connectivity index (χ1n) is 5.62. The summed E-state index contributed by atoms with van der Waals surface area (Å²) < 4.78 is 13.6. The first-order valence-corrected chi connectivity index (χ1v) is 6.79. The average molecular weight is 345 g/mol. The molecule has 1 atom stereocenters. The topological polar surface area (TPSA) is 50.9 Å². The number of hydrogen-bond acceptors (Lipinski definition) is 3. The molecule has 0 aliphatic rings. The third-order valence-corrected chi connectivity index (χ3v) is 3.67. The lowest BCUT2D eigenvalue weighted by molar-refractivity contribution is 0.537. The molecule has 6 heteroatoms. The van der Waals surface area contributed by atoms with Crippen LogP contribution in [0.1, 0.15) is 17.3 Å². The van der Waals surface area contributed by atoms with Crippen molar-refractivity contribution >= 4 is 27.5 Å². The zero-order valence-electron chi connectivity index (χ0n) is 9.91. The van der Waals surface area contributed by atoms with Crippen molar-refractivity contribution in [1.29, 1.82) is 0 Å². The zero-order chi connectivity index (χ0) is 13.8. The van der Waals surface area contributed by atoms with E-state index in [0.717, 1.165) is 5.56 Å². The second-order valence-electron chi connectivity index (χ2n) is 4.04. The van der Waals surface area contributed by atoms with Crippen LogP contribution in [0.25, 0.3) is 0 Å². The van der Waals surface area contributed by atoms with Crippen LogP contribution in [0.15, 0.2) is 41.0 Å². The molecule has 1 aromatic carbocycles. The van der Waals surface area contributed by atoms with Gasteiger partial charge in [-0.3, -0.25) is 16.3 Å². The standard InChI is InChI=1S/C13H12BrClFN3/c14-9-6-8(3-4-11(9)16)7-12(19-17)13-10(15)2-1-5-18-13/h1-6,12,19H,7,17H2. The highest BCUT2D eigenvalue weighted by atomic mass is 79.9. The Kier molecular flexibility index (Phi) is 4.87.